The molecule has 0 aliphatic carbocycles. The lowest BCUT2D eigenvalue weighted by molar-refractivity contribution is 0.0944. The van der Waals surface area contributed by atoms with Gasteiger partial charge in [0.05, 0.1) is 0 Å². The standard InChI is InChI=1S/C16H18N6O.2ClH/c1-10-9-11(2)22-16(19-10)20-14(21-22)15(23)18-8-7-12-3-5-13(17)6-4-12;;/h3-6,9H,7-8,17H2,1-2H3,(H,18,23);2*1H. The molecule has 9 heteroatoms. The van der Waals surface area contributed by atoms with E-state index in [2.05, 4.69) is 20.4 Å². The molecule has 0 atom stereocenters. The van der Waals surface area contributed by atoms with Crippen molar-refractivity contribution >= 4 is 42.2 Å². The maximum atomic E-state index is 12.2. The van der Waals surface area contributed by atoms with Crippen molar-refractivity contribution in [2.75, 3.05) is 12.3 Å². The van der Waals surface area contributed by atoms with Crippen molar-refractivity contribution in [1.82, 2.24) is 24.9 Å². The molecule has 1 aromatic carbocycles. The summed E-state index contributed by atoms with van der Waals surface area (Å²) < 4.78 is 1.57. The van der Waals surface area contributed by atoms with E-state index >= 15 is 0 Å². The summed E-state index contributed by atoms with van der Waals surface area (Å²) in [6, 6.07) is 9.47. The third-order valence-electron chi connectivity index (χ3n) is 3.50. The van der Waals surface area contributed by atoms with Crippen LogP contribution < -0.4 is 11.1 Å². The van der Waals surface area contributed by atoms with Crippen molar-refractivity contribution in [3.8, 4) is 0 Å². The van der Waals surface area contributed by atoms with Gasteiger partial charge in [-0.3, -0.25) is 4.79 Å². The third kappa shape index (κ3) is 4.80. The Kier molecular flexibility index (Phi) is 7.14. The van der Waals surface area contributed by atoms with Crippen LogP contribution in [0.15, 0.2) is 30.3 Å². The molecule has 25 heavy (non-hydrogen) atoms. The van der Waals surface area contributed by atoms with Crippen molar-refractivity contribution in [3.63, 3.8) is 0 Å². The first-order chi connectivity index (χ1) is 11.0. The summed E-state index contributed by atoms with van der Waals surface area (Å²) in [5.41, 5.74) is 9.21. The molecule has 3 aromatic rings. The average Bonchev–Trinajstić information content (AvgIpc) is 2.93. The summed E-state index contributed by atoms with van der Waals surface area (Å²) in [4.78, 5) is 20.6. The van der Waals surface area contributed by atoms with Gasteiger partial charge >= 0.3 is 0 Å². The Bertz CT molecular complexity index is 863. The molecule has 3 N–H and O–H groups in total. The summed E-state index contributed by atoms with van der Waals surface area (Å²) in [7, 11) is 0. The first kappa shape index (κ1) is 20.7. The zero-order valence-electron chi connectivity index (χ0n) is 13.9. The van der Waals surface area contributed by atoms with E-state index in [1.807, 2.05) is 44.2 Å². The second kappa shape index (κ2) is 8.64. The zero-order valence-corrected chi connectivity index (χ0v) is 15.5. The number of nitrogens with two attached hydrogens (primary N) is 1. The number of nitrogen functional groups attached to an aromatic ring is 1. The molecule has 0 aliphatic rings. The minimum absolute atomic E-state index is 0. The molecule has 0 saturated carbocycles. The maximum Gasteiger partial charge on any atom is 0.291 e. The van der Waals surface area contributed by atoms with E-state index in [9.17, 15) is 4.79 Å². The molecule has 0 unspecified atom stereocenters. The van der Waals surface area contributed by atoms with Crippen LogP contribution in [0.3, 0.4) is 0 Å². The molecular weight excluding hydrogens is 363 g/mol. The number of amides is 1. The van der Waals surface area contributed by atoms with Gasteiger partial charge in [0.2, 0.25) is 5.82 Å². The molecule has 0 spiro atoms. The van der Waals surface area contributed by atoms with Gasteiger partial charge < -0.3 is 11.1 Å². The van der Waals surface area contributed by atoms with Gasteiger partial charge in [-0.2, -0.15) is 4.98 Å². The smallest absolute Gasteiger partial charge is 0.291 e. The Balaban J connectivity index is 0.00000156. The van der Waals surface area contributed by atoms with Crippen LogP contribution in [0, 0.1) is 13.8 Å². The number of benzene rings is 1. The number of carbonyl (C=O) groups is 1. The predicted octanol–water partition coefficient (Wildman–Crippen LogP) is 2.14. The molecular formula is C16H20Cl2N6O. The number of hydrogen-bond donors (Lipinski definition) is 2. The van der Waals surface area contributed by atoms with Gasteiger partial charge in [-0.1, -0.05) is 12.1 Å². The molecule has 7 nitrogen and oxygen atoms in total. The second-order valence-electron chi connectivity index (χ2n) is 5.43. The minimum atomic E-state index is -0.303. The van der Waals surface area contributed by atoms with Crippen LogP contribution in [0.4, 0.5) is 5.69 Å². The third-order valence-corrected chi connectivity index (χ3v) is 3.50. The second-order valence-corrected chi connectivity index (χ2v) is 5.43. The Morgan fingerprint density at radius 2 is 1.84 bits per heavy atom. The Morgan fingerprint density at radius 3 is 2.52 bits per heavy atom. The van der Waals surface area contributed by atoms with Gasteiger partial charge in [-0.05, 0) is 44.0 Å². The van der Waals surface area contributed by atoms with Gasteiger partial charge in [0.1, 0.15) is 0 Å². The van der Waals surface area contributed by atoms with Crippen LogP contribution >= 0.6 is 24.8 Å². The Labute approximate surface area is 157 Å². The Hall–Kier alpha value is -2.38. The number of carbonyl (C=O) groups excluding carboxylic acids is 1. The number of nitrogens with one attached hydrogen (secondary N) is 1. The fourth-order valence-electron chi connectivity index (χ4n) is 2.35. The van der Waals surface area contributed by atoms with Crippen molar-refractivity contribution in [1.29, 1.82) is 0 Å². The molecule has 1 amide bonds. The quantitative estimate of drug-likeness (QED) is 0.673. The molecule has 0 bridgehead atoms. The number of hydrogen-bond acceptors (Lipinski definition) is 5. The van der Waals surface area contributed by atoms with Crippen molar-refractivity contribution in [2.45, 2.75) is 20.3 Å². The number of aryl methyl sites for hydroxylation is 2. The van der Waals surface area contributed by atoms with Crippen LogP contribution in [0.1, 0.15) is 27.6 Å². The van der Waals surface area contributed by atoms with Crippen LogP contribution in [0.25, 0.3) is 5.78 Å². The number of rotatable bonds is 4. The molecule has 0 radical (unpaired) electrons. The first-order valence-corrected chi connectivity index (χ1v) is 7.36. The summed E-state index contributed by atoms with van der Waals surface area (Å²) in [6.07, 6.45) is 0.718. The SMILES string of the molecule is Cc1cc(C)n2nc(C(=O)NCCc3ccc(N)cc3)nc2n1.Cl.Cl. The number of halogens is 2. The minimum Gasteiger partial charge on any atom is -0.399 e. The van der Waals surface area contributed by atoms with Crippen LogP contribution in [-0.2, 0) is 6.42 Å². The molecule has 3 rings (SSSR count). The van der Waals surface area contributed by atoms with Crippen LogP contribution in [0.2, 0.25) is 0 Å². The molecule has 2 heterocycles. The van der Waals surface area contributed by atoms with E-state index in [0.717, 1.165) is 29.1 Å². The lowest BCUT2D eigenvalue weighted by Crippen LogP contribution is -2.26. The van der Waals surface area contributed by atoms with Crippen molar-refractivity contribution in [3.05, 3.63) is 53.1 Å². The monoisotopic (exact) mass is 382 g/mol. The van der Waals surface area contributed by atoms with Gasteiger partial charge in [0, 0.05) is 23.6 Å². The van der Waals surface area contributed by atoms with E-state index in [-0.39, 0.29) is 36.5 Å². The topological polar surface area (TPSA) is 98.2 Å². The molecule has 2 aromatic heterocycles. The van der Waals surface area contributed by atoms with E-state index in [4.69, 9.17) is 5.73 Å². The molecule has 0 fully saturated rings. The molecule has 0 saturated heterocycles. The maximum absolute atomic E-state index is 12.2. The number of fused-ring (bicyclic) bond motifs is 1. The first-order valence-electron chi connectivity index (χ1n) is 7.36. The predicted molar refractivity (Wildman–Crippen MR) is 102 cm³/mol. The fraction of sp³-hybridized carbons (Fsp3) is 0.250. The number of aromatic nitrogens is 4. The Morgan fingerprint density at radius 1 is 1.16 bits per heavy atom. The lowest BCUT2D eigenvalue weighted by Gasteiger charge is -2.03. The number of anilines is 1. The fourth-order valence-corrected chi connectivity index (χ4v) is 2.35. The molecule has 134 valence electrons. The summed E-state index contributed by atoms with van der Waals surface area (Å²) in [5, 5.41) is 7.03. The van der Waals surface area contributed by atoms with Gasteiger partial charge in [-0.15, -0.1) is 29.9 Å². The normalized spacial score (nSPS) is 10.0. The van der Waals surface area contributed by atoms with Gasteiger partial charge in [0.15, 0.2) is 0 Å². The van der Waals surface area contributed by atoms with E-state index in [1.54, 1.807) is 4.52 Å². The number of nitrogens with zero attached hydrogens (tertiary/aromatic N) is 4. The average molecular weight is 383 g/mol. The highest BCUT2D eigenvalue weighted by Gasteiger charge is 2.14. The van der Waals surface area contributed by atoms with E-state index in [1.165, 1.54) is 0 Å². The largest absolute Gasteiger partial charge is 0.399 e. The van der Waals surface area contributed by atoms with Gasteiger partial charge in [0.25, 0.3) is 11.7 Å². The zero-order chi connectivity index (χ0) is 16.4. The summed E-state index contributed by atoms with van der Waals surface area (Å²) in [6.45, 7) is 4.29. The van der Waals surface area contributed by atoms with Crippen molar-refractivity contribution in [2.24, 2.45) is 0 Å². The van der Waals surface area contributed by atoms with Gasteiger partial charge in [-0.25, -0.2) is 9.50 Å². The van der Waals surface area contributed by atoms with E-state index in [0.29, 0.717) is 12.3 Å². The lowest BCUT2D eigenvalue weighted by atomic mass is 10.1. The molecule has 0 aliphatic heterocycles. The summed E-state index contributed by atoms with van der Waals surface area (Å²) >= 11 is 0. The van der Waals surface area contributed by atoms with Crippen LogP contribution in [-0.4, -0.2) is 32.0 Å². The highest BCUT2D eigenvalue weighted by Crippen LogP contribution is 2.07. The van der Waals surface area contributed by atoms with Crippen molar-refractivity contribution < 1.29 is 4.79 Å². The summed E-state index contributed by atoms with van der Waals surface area (Å²) in [5.74, 6) is 0.262. The van der Waals surface area contributed by atoms with Crippen LogP contribution in [0.5, 0.6) is 0 Å². The highest BCUT2D eigenvalue weighted by molar-refractivity contribution is 5.90. The highest BCUT2D eigenvalue weighted by atomic mass is 35.5. The van der Waals surface area contributed by atoms with E-state index < -0.39 is 0 Å².